The largest absolute Gasteiger partial charge is 0.472 e. The molecule has 2 aromatic rings. The summed E-state index contributed by atoms with van der Waals surface area (Å²) in [4.78, 5) is 48.0. The average Bonchev–Trinajstić information content (AvgIpc) is 3.80. The van der Waals surface area contributed by atoms with Gasteiger partial charge in [-0.25, -0.2) is 13.9 Å². The highest BCUT2D eigenvalue weighted by molar-refractivity contribution is 7.47. The van der Waals surface area contributed by atoms with Crippen molar-refractivity contribution in [3.8, 4) is 0 Å². The maximum atomic E-state index is 15.3. The maximum absolute atomic E-state index is 15.3. The Bertz CT molecular complexity index is 1610. The molecule has 0 aliphatic carbocycles. The van der Waals surface area contributed by atoms with Gasteiger partial charge in [0.25, 0.3) is 0 Å². The van der Waals surface area contributed by atoms with Crippen LogP contribution in [0.4, 0.5) is 10.2 Å². The van der Waals surface area contributed by atoms with E-state index >= 15 is 4.39 Å². The number of nitrogens with two attached hydrogens (primary N) is 1. The number of hydrogen-bond donors (Lipinski definition) is 3. The first-order valence-electron chi connectivity index (χ1n) is 24.1. The summed E-state index contributed by atoms with van der Waals surface area (Å²) in [5.41, 5.74) is 6.05. The monoisotopic (exact) mass is 934 g/mol. The Balaban J connectivity index is 1.41. The van der Waals surface area contributed by atoms with Crippen molar-refractivity contribution in [2.24, 2.45) is 0 Å². The number of imidazole rings is 1. The van der Waals surface area contributed by atoms with Gasteiger partial charge in [0.2, 0.25) is 5.28 Å². The van der Waals surface area contributed by atoms with Crippen LogP contribution in [0.1, 0.15) is 200 Å². The quantitative estimate of drug-likeness (QED) is 0.0248. The minimum Gasteiger partial charge on any atom is -0.462 e. The summed E-state index contributed by atoms with van der Waals surface area (Å²) in [6.45, 7) is 2.71. The van der Waals surface area contributed by atoms with Gasteiger partial charge in [-0.3, -0.25) is 23.2 Å². The van der Waals surface area contributed by atoms with E-state index in [-0.39, 0.29) is 41.7 Å². The molecule has 63 heavy (non-hydrogen) atoms. The number of fused-ring (bicyclic) bond motifs is 1. The topological polar surface area (TPSA) is 207 Å². The third-order valence-electron chi connectivity index (χ3n) is 11.5. The molecule has 362 valence electrons. The van der Waals surface area contributed by atoms with Crippen LogP contribution in [0.15, 0.2) is 6.33 Å². The van der Waals surface area contributed by atoms with Crippen LogP contribution < -0.4 is 5.73 Å². The number of alkyl halides is 1. The van der Waals surface area contributed by atoms with Crippen molar-refractivity contribution < 1.29 is 51.8 Å². The molecule has 1 fully saturated rings. The summed E-state index contributed by atoms with van der Waals surface area (Å²) in [6.07, 6.45) is 24.1. The summed E-state index contributed by atoms with van der Waals surface area (Å²) >= 11 is 5.93. The lowest BCUT2D eigenvalue weighted by Gasteiger charge is -2.21. The number of carbonyl (C=O) groups excluding carboxylic acids is 2. The molecule has 0 radical (unpaired) electrons. The van der Waals surface area contributed by atoms with Gasteiger partial charge in [0.05, 0.1) is 19.5 Å². The van der Waals surface area contributed by atoms with Gasteiger partial charge >= 0.3 is 19.8 Å². The molecule has 3 rings (SSSR count). The van der Waals surface area contributed by atoms with Gasteiger partial charge < -0.3 is 29.9 Å². The highest BCUT2D eigenvalue weighted by Crippen LogP contribution is 2.45. The fraction of sp³-hybridized carbons (Fsp3) is 0.844. The average molecular weight is 935 g/mol. The van der Waals surface area contributed by atoms with E-state index in [9.17, 15) is 24.2 Å². The van der Waals surface area contributed by atoms with E-state index in [1.807, 2.05) is 0 Å². The van der Waals surface area contributed by atoms with Crippen LogP contribution in [0.5, 0.6) is 0 Å². The number of halogens is 2. The number of nitrogens with zero attached hydrogens (tertiary/aromatic N) is 4. The number of carbonyl (C=O) groups is 2. The Morgan fingerprint density at radius 2 is 1.25 bits per heavy atom. The molecule has 0 saturated carbocycles. The van der Waals surface area contributed by atoms with Crippen molar-refractivity contribution in [1.29, 1.82) is 0 Å². The summed E-state index contributed by atoms with van der Waals surface area (Å²) in [7, 11) is -4.88. The summed E-state index contributed by atoms with van der Waals surface area (Å²) < 4.78 is 56.3. The number of aliphatic hydroxyl groups is 1. The lowest BCUT2D eigenvalue weighted by Crippen LogP contribution is -2.32. The Morgan fingerprint density at radius 1 is 0.778 bits per heavy atom. The first kappa shape index (κ1) is 54.9. The third-order valence-corrected chi connectivity index (χ3v) is 12.6. The van der Waals surface area contributed by atoms with Gasteiger partial charge in [-0.05, 0) is 24.4 Å². The molecule has 0 spiro atoms. The lowest BCUT2D eigenvalue weighted by atomic mass is 10.0. The Labute approximate surface area is 380 Å². The van der Waals surface area contributed by atoms with Crippen molar-refractivity contribution in [3.63, 3.8) is 0 Å². The number of ether oxygens (including phenoxy) is 3. The number of aromatic nitrogens is 4. The fourth-order valence-corrected chi connectivity index (χ4v) is 8.67. The van der Waals surface area contributed by atoms with Gasteiger partial charge in [0.1, 0.15) is 24.3 Å². The van der Waals surface area contributed by atoms with Crippen LogP contribution in [-0.4, -0.2) is 85.8 Å². The molecule has 6 atom stereocenters. The molecule has 18 heteroatoms. The van der Waals surface area contributed by atoms with Crippen LogP contribution in [0.3, 0.4) is 0 Å². The van der Waals surface area contributed by atoms with E-state index < -0.39 is 63.7 Å². The second-order valence-corrected chi connectivity index (χ2v) is 18.8. The van der Waals surface area contributed by atoms with Gasteiger partial charge in [0.15, 0.2) is 30.0 Å². The number of phosphoric acid groups is 1. The number of rotatable bonds is 38. The minimum atomic E-state index is -4.88. The minimum absolute atomic E-state index is 0.0379. The molecule has 3 heterocycles. The van der Waals surface area contributed by atoms with E-state index in [1.165, 1.54) is 126 Å². The normalized spacial score (nSPS) is 19.1. The van der Waals surface area contributed by atoms with E-state index in [2.05, 4.69) is 28.8 Å². The second-order valence-electron chi connectivity index (χ2n) is 17.0. The smallest absolute Gasteiger partial charge is 0.462 e. The van der Waals surface area contributed by atoms with E-state index in [0.717, 1.165) is 38.5 Å². The third kappa shape index (κ3) is 22.5. The van der Waals surface area contributed by atoms with Crippen molar-refractivity contribution in [3.05, 3.63) is 11.6 Å². The SMILES string of the molecule is CCCCCCCCCCCCCCCC(=O)OCC(COP(=O)(O)OC[C@H]1O[C@@H](n2cnc3c(N)nc(Cl)nc32)[C@@H](F)[C@@H]1O)OC(=O)CCCCCCCCCCCCCCC. The molecule has 0 aromatic carbocycles. The van der Waals surface area contributed by atoms with Gasteiger partial charge in [0, 0.05) is 12.8 Å². The van der Waals surface area contributed by atoms with Crippen molar-refractivity contribution in [2.75, 3.05) is 25.6 Å². The van der Waals surface area contributed by atoms with E-state index in [4.69, 9.17) is 40.6 Å². The Kier molecular flexibility index (Phi) is 28.1. The summed E-state index contributed by atoms with van der Waals surface area (Å²) in [5.74, 6) is -1.05. The van der Waals surface area contributed by atoms with E-state index in [0.29, 0.717) is 12.8 Å². The van der Waals surface area contributed by atoms with Crippen molar-refractivity contribution in [1.82, 2.24) is 19.5 Å². The van der Waals surface area contributed by atoms with Gasteiger partial charge in [-0.1, -0.05) is 168 Å². The van der Waals surface area contributed by atoms with Gasteiger partial charge in [-0.15, -0.1) is 0 Å². The molecule has 15 nitrogen and oxygen atoms in total. The zero-order chi connectivity index (χ0) is 45.7. The zero-order valence-corrected chi connectivity index (χ0v) is 39.8. The van der Waals surface area contributed by atoms with E-state index in [1.54, 1.807) is 0 Å². The zero-order valence-electron chi connectivity index (χ0n) is 38.1. The molecule has 2 aromatic heterocycles. The first-order valence-corrected chi connectivity index (χ1v) is 25.9. The van der Waals surface area contributed by atoms with Crippen LogP contribution in [-0.2, 0) is 37.4 Å². The van der Waals surface area contributed by atoms with Crippen molar-refractivity contribution >= 4 is 48.3 Å². The predicted octanol–water partition coefficient (Wildman–Crippen LogP) is 11.2. The highest BCUT2D eigenvalue weighted by atomic mass is 35.5. The maximum Gasteiger partial charge on any atom is 0.472 e. The number of esters is 2. The Morgan fingerprint density at radius 3 is 1.76 bits per heavy atom. The number of aliphatic hydroxyl groups excluding tert-OH is 1. The fourth-order valence-electron chi connectivity index (χ4n) is 7.74. The lowest BCUT2D eigenvalue weighted by molar-refractivity contribution is -0.161. The molecule has 4 N–H and O–H groups in total. The predicted molar refractivity (Wildman–Crippen MR) is 243 cm³/mol. The number of hydrogen-bond acceptors (Lipinski definition) is 13. The first-order chi connectivity index (χ1) is 30.5. The van der Waals surface area contributed by atoms with Crippen LogP contribution in [0.25, 0.3) is 11.2 Å². The molecule has 1 saturated heterocycles. The molecule has 0 bridgehead atoms. The van der Waals surface area contributed by atoms with Crippen molar-refractivity contribution in [2.45, 2.75) is 224 Å². The number of phosphoric ester groups is 1. The molecule has 2 unspecified atom stereocenters. The molecular weight excluding hydrogens is 856 g/mol. The molecule has 0 amide bonds. The summed E-state index contributed by atoms with van der Waals surface area (Å²) in [6, 6.07) is 0. The van der Waals surface area contributed by atoms with Crippen LogP contribution >= 0.6 is 19.4 Å². The molecule has 1 aliphatic heterocycles. The number of unbranched alkanes of at least 4 members (excludes halogenated alkanes) is 24. The Hall–Kier alpha value is -2.46. The summed E-state index contributed by atoms with van der Waals surface area (Å²) in [5, 5.41) is 10.4. The number of anilines is 1. The molecule has 1 aliphatic rings. The molecular formula is C45H78ClFN5O10P. The second kappa shape index (κ2) is 32.3. The highest BCUT2D eigenvalue weighted by Gasteiger charge is 2.47. The standard InChI is InChI=1S/C45H78ClFN5O10P/c1-3-5-7-9-11-13-15-17-19-21-23-25-27-29-37(53)58-31-35(61-38(54)30-28-26-24-22-20-18-16-14-12-10-8-6-4-2)32-59-63(56,57)60-33-36-41(55)39(47)44(62-36)52-34-49-40-42(48)50-45(46)51-43(40)52/h34-36,39,41,44,55H,3-33H2,1-2H3,(H,56,57)(H2,48,50,51)/t35?,36-,39+,41-,44-/m1/s1. The number of nitrogen functional groups attached to an aromatic ring is 1. The van der Waals surface area contributed by atoms with Gasteiger partial charge in [-0.2, -0.15) is 9.97 Å². The van der Waals surface area contributed by atoms with Crippen LogP contribution in [0, 0.1) is 0 Å². The van der Waals surface area contributed by atoms with Crippen LogP contribution in [0.2, 0.25) is 5.28 Å².